The third kappa shape index (κ3) is 1.97. The Kier molecular flexibility index (Phi) is 3.15. The summed E-state index contributed by atoms with van der Waals surface area (Å²) < 4.78 is 7.47. The van der Waals surface area contributed by atoms with Gasteiger partial charge in [0.15, 0.2) is 0 Å². The lowest BCUT2D eigenvalue weighted by atomic mass is 9.71. The highest BCUT2D eigenvalue weighted by molar-refractivity contribution is 9.10. The van der Waals surface area contributed by atoms with Crippen LogP contribution in [-0.4, -0.2) is 5.60 Å². The predicted octanol–water partition coefficient (Wildman–Crippen LogP) is 4.18. The van der Waals surface area contributed by atoms with Crippen LogP contribution in [0, 0.1) is 5.92 Å². The molecule has 3 heteroatoms. The van der Waals surface area contributed by atoms with Crippen LogP contribution in [-0.2, 0) is 0 Å². The minimum absolute atomic E-state index is 0.0154. The number of ether oxygens (including phenoxy) is 1. The standard InChI is InChI=1S/C15H20BrNO/c1-10-4-2-3-7-15(10)9-13(17)12-8-11(16)5-6-14(12)18-15/h5-6,8,10,13H,2-4,7,9,17H2,1H3/t10?,13-,15?/m1/s1. The third-order valence-corrected chi connectivity index (χ3v) is 5.13. The molecule has 1 aromatic rings. The molecule has 0 saturated heterocycles. The van der Waals surface area contributed by atoms with Gasteiger partial charge in [-0.2, -0.15) is 0 Å². The van der Waals surface area contributed by atoms with Crippen molar-refractivity contribution in [3.05, 3.63) is 28.2 Å². The van der Waals surface area contributed by atoms with E-state index in [4.69, 9.17) is 10.5 Å². The summed E-state index contributed by atoms with van der Waals surface area (Å²) in [6.07, 6.45) is 5.96. The minimum atomic E-state index is -0.0154. The number of benzene rings is 1. The monoisotopic (exact) mass is 309 g/mol. The van der Waals surface area contributed by atoms with Gasteiger partial charge in [-0.25, -0.2) is 0 Å². The van der Waals surface area contributed by atoms with Crippen molar-refractivity contribution in [3.8, 4) is 5.75 Å². The van der Waals surface area contributed by atoms with Gasteiger partial charge in [0.1, 0.15) is 11.4 Å². The maximum Gasteiger partial charge on any atom is 0.125 e. The largest absolute Gasteiger partial charge is 0.487 e. The quantitative estimate of drug-likeness (QED) is 0.780. The van der Waals surface area contributed by atoms with E-state index >= 15 is 0 Å². The first kappa shape index (κ1) is 12.5. The van der Waals surface area contributed by atoms with Gasteiger partial charge in [0.2, 0.25) is 0 Å². The van der Waals surface area contributed by atoms with Crippen molar-refractivity contribution in [2.75, 3.05) is 0 Å². The molecular weight excluding hydrogens is 290 g/mol. The van der Waals surface area contributed by atoms with Gasteiger partial charge >= 0.3 is 0 Å². The topological polar surface area (TPSA) is 35.2 Å². The molecule has 2 aliphatic rings. The van der Waals surface area contributed by atoms with E-state index in [0.717, 1.165) is 28.6 Å². The zero-order chi connectivity index (χ0) is 12.8. The Hall–Kier alpha value is -0.540. The van der Waals surface area contributed by atoms with Crippen LogP contribution >= 0.6 is 15.9 Å². The molecule has 0 aromatic heterocycles. The Morgan fingerprint density at radius 3 is 3.00 bits per heavy atom. The van der Waals surface area contributed by atoms with Gasteiger partial charge in [0.25, 0.3) is 0 Å². The zero-order valence-corrected chi connectivity index (χ0v) is 12.4. The highest BCUT2D eigenvalue weighted by atomic mass is 79.9. The van der Waals surface area contributed by atoms with Crippen LogP contribution in [0.15, 0.2) is 22.7 Å². The van der Waals surface area contributed by atoms with Crippen LogP contribution in [0.25, 0.3) is 0 Å². The van der Waals surface area contributed by atoms with E-state index in [-0.39, 0.29) is 11.6 Å². The number of halogens is 1. The molecule has 98 valence electrons. The van der Waals surface area contributed by atoms with Crippen molar-refractivity contribution < 1.29 is 4.74 Å². The van der Waals surface area contributed by atoms with Gasteiger partial charge in [0, 0.05) is 22.5 Å². The van der Waals surface area contributed by atoms with E-state index < -0.39 is 0 Å². The van der Waals surface area contributed by atoms with Crippen LogP contribution in [0.4, 0.5) is 0 Å². The molecule has 2 nitrogen and oxygen atoms in total. The van der Waals surface area contributed by atoms with Crippen LogP contribution in [0.2, 0.25) is 0 Å². The first-order chi connectivity index (χ1) is 8.61. The van der Waals surface area contributed by atoms with Gasteiger partial charge < -0.3 is 10.5 Å². The van der Waals surface area contributed by atoms with Gasteiger partial charge in [-0.15, -0.1) is 0 Å². The molecule has 1 aliphatic carbocycles. The van der Waals surface area contributed by atoms with Crippen molar-refractivity contribution in [2.45, 2.75) is 50.7 Å². The van der Waals surface area contributed by atoms with Crippen molar-refractivity contribution >= 4 is 15.9 Å². The van der Waals surface area contributed by atoms with Gasteiger partial charge in [-0.05, 0) is 43.4 Å². The summed E-state index contributed by atoms with van der Waals surface area (Å²) in [7, 11) is 0. The van der Waals surface area contributed by atoms with Crippen molar-refractivity contribution in [2.24, 2.45) is 11.7 Å². The molecule has 3 rings (SSSR count). The molecule has 3 atom stereocenters. The lowest BCUT2D eigenvalue weighted by molar-refractivity contribution is -0.0407. The molecule has 1 saturated carbocycles. The van der Waals surface area contributed by atoms with E-state index in [9.17, 15) is 0 Å². The van der Waals surface area contributed by atoms with Crippen LogP contribution in [0.3, 0.4) is 0 Å². The fraction of sp³-hybridized carbons (Fsp3) is 0.600. The maximum atomic E-state index is 6.40. The summed E-state index contributed by atoms with van der Waals surface area (Å²) >= 11 is 3.51. The highest BCUT2D eigenvalue weighted by Gasteiger charge is 2.45. The Labute approximate surface area is 117 Å². The Bertz CT molecular complexity index is 462. The summed E-state index contributed by atoms with van der Waals surface area (Å²) in [6.45, 7) is 2.32. The summed E-state index contributed by atoms with van der Waals surface area (Å²) in [6, 6.07) is 6.30. The average molecular weight is 310 g/mol. The Morgan fingerprint density at radius 1 is 1.39 bits per heavy atom. The van der Waals surface area contributed by atoms with Crippen molar-refractivity contribution in [3.63, 3.8) is 0 Å². The van der Waals surface area contributed by atoms with Crippen molar-refractivity contribution in [1.82, 2.24) is 0 Å². The minimum Gasteiger partial charge on any atom is -0.487 e. The number of hydrogen-bond donors (Lipinski definition) is 1. The second-order valence-electron chi connectivity index (χ2n) is 5.81. The highest BCUT2D eigenvalue weighted by Crippen LogP contribution is 2.48. The van der Waals surface area contributed by atoms with Crippen LogP contribution in [0.1, 0.15) is 50.6 Å². The van der Waals surface area contributed by atoms with Gasteiger partial charge in [0.05, 0.1) is 0 Å². The Morgan fingerprint density at radius 2 is 2.22 bits per heavy atom. The molecule has 1 spiro atoms. The van der Waals surface area contributed by atoms with E-state index in [1.807, 2.05) is 6.07 Å². The third-order valence-electron chi connectivity index (χ3n) is 4.64. The number of nitrogens with two attached hydrogens (primary N) is 1. The summed E-state index contributed by atoms with van der Waals surface area (Å²) in [5, 5.41) is 0. The van der Waals surface area contributed by atoms with Gasteiger partial charge in [-0.3, -0.25) is 0 Å². The molecule has 0 bridgehead atoms. The smallest absolute Gasteiger partial charge is 0.125 e. The second kappa shape index (κ2) is 4.53. The lowest BCUT2D eigenvalue weighted by Crippen LogP contribution is -2.49. The summed E-state index contributed by atoms with van der Waals surface area (Å²) in [4.78, 5) is 0. The molecule has 18 heavy (non-hydrogen) atoms. The Balaban J connectivity index is 1.98. The second-order valence-corrected chi connectivity index (χ2v) is 6.72. The van der Waals surface area contributed by atoms with Gasteiger partial charge in [-0.1, -0.05) is 29.3 Å². The van der Waals surface area contributed by atoms with E-state index in [1.165, 1.54) is 19.3 Å². The molecule has 1 fully saturated rings. The van der Waals surface area contributed by atoms with E-state index in [0.29, 0.717) is 5.92 Å². The molecule has 2 unspecified atom stereocenters. The van der Waals surface area contributed by atoms with E-state index in [2.05, 4.69) is 35.0 Å². The zero-order valence-electron chi connectivity index (χ0n) is 10.8. The first-order valence-electron chi connectivity index (χ1n) is 6.85. The van der Waals surface area contributed by atoms with Crippen molar-refractivity contribution in [1.29, 1.82) is 0 Å². The summed E-state index contributed by atoms with van der Waals surface area (Å²) in [5.74, 6) is 1.60. The number of fused-ring (bicyclic) bond motifs is 1. The van der Waals surface area contributed by atoms with Crippen LogP contribution in [0.5, 0.6) is 5.75 Å². The van der Waals surface area contributed by atoms with Crippen LogP contribution < -0.4 is 10.5 Å². The fourth-order valence-electron chi connectivity index (χ4n) is 3.48. The molecule has 1 aliphatic heterocycles. The molecule has 2 N–H and O–H groups in total. The van der Waals surface area contributed by atoms with E-state index in [1.54, 1.807) is 0 Å². The average Bonchev–Trinajstić information content (AvgIpc) is 2.34. The molecule has 1 heterocycles. The summed E-state index contributed by atoms with van der Waals surface area (Å²) in [5.41, 5.74) is 7.51. The maximum absolute atomic E-state index is 6.40. The predicted molar refractivity (Wildman–Crippen MR) is 76.7 cm³/mol. The SMILES string of the molecule is CC1CCCCC12C[C@@H](N)c1cc(Br)ccc1O2. The molecular formula is C15H20BrNO. The number of hydrogen-bond acceptors (Lipinski definition) is 2. The number of rotatable bonds is 0. The molecule has 1 aromatic carbocycles. The molecule has 0 amide bonds. The normalized spacial score (nSPS) is 35.1. The first-order valence-corrected chi connectivity index (χ1v) is 7.64. The molecule has 0 radical (unpaired) electrons. The lowest BCUT2D eigenvalue weighted by Gasteiger charge is -2.47. The fourth-order valence-corrected chi connectivity index (χ4v) is 3.86.